The zero-order valence-corrected chi connectivity index (χ0v) is 10.9. The predicted octanol–water partition coefficient (Wildman–Crippen LogP) is 3.09. The maximum atomic E-state index is 6.14. The summed E-state index contributed by atoms with van der Waals surface area (Å²) in [5.41, 5.74) is 0.235. The van der Waals surface area contributed by atoms with Crippen LogP contribution in [0.15, 0.2) is 0 Å². The van der Waals surface area contributed by atoms with Gasteiger partial charge < -0.3 is 10.1 Å². The summed E-state index contributed by atoms with van der Waals surface area (Å²) in [5.74, 6) is 0.762. The van der Waals surface area contributed by atoms with Crippen molar-refractivity contribution in [2.45, 2.75) is 63.0 Å². The molecular formula is C13H24ClNO. The average Bonchev–Trinajstić information content (AvgIpc) is 2.83. The molecule has 1 saturated carbocycles. The van der Waals surface area contributed by atoms with Gasteiger partial charge in [0.15, 0.2) is 0 Å². The van der Waals surface area contributed by atoms with Crippen molar-refractivity contribution in [1.82, 2.24) is 5.32 Å². The molecule has 0 aromatic rings. The van der Waals surface area contributed by atoms with Crippen molar-refractivity contribution in [3.05, 3.63) is 0 Å². The molecule has 0 radical (unpaired) electrons. The molecule has 1 N–H and O–H groups in total. The first-order valence-corrected chi connectivity index (χ1v) is 7.31. The molecule has 0 aromatic carbocycles. The van der Waals surface area contributed by atoms with Gasteiger partial charge in [-0.15, -0.1) is 11.6 Å². The van der Waals surface area contributed by atoms with Crippen LogP contribution in [-0.4, -0.2) is 30.7 Å². The van der Waals surface area contributed by atoms with Gasteiger partial charge in [-0.25, -0.2) is 0 Å². The highest BCUT2D eigenvalue weighted by Gasteiger charge is 2.30. The van der Waals surface area contributed by atoms with E-state index >= 15 is 0 Å². The smallest absolute Gasteiger partial charge is 0.0588 e. The summed E-state index contributed by atoms with van der Waals surface area (Å²) in [4.78, 5) is 0. The topological polar surface area (TPSA) is 21.3 Å². The Morgan fingerprint density at radius 1 is 1.19 bits per heavy atom. The number of rotatable bonds is 5. The van der Waals surface area contributed by atoms with Crippen molar-refractivity contribution < 1.29 is 4.74 Å². The number of ether oxygens (including phenoxy) is 1. The lowest BCUT2D eigenvalue weighted by atomic mass is 9.83. The van der Waals surface area contributed by atoms with Crippen LogP contribution in [0.4, 0.5) is 0 Å². The molecule has 0 bridgehead atoms. The molecule has 1 saturated heterocycles. The maximum absolute atomic E-state index is 6.14. The van der Waals surface area contributed by atoms with Crippen LogP contribution in [0.1, 0.15) is 51.4 Å². The van der Waals surface area contributed by atoms with Crippen LogP contribution < -0.4 is 5.32 Å². The fourth-order valence-corrected chi connectivity index (χ4v) is 3.32. The third kappa shape index (κ3) is 3.35. The molecule has 2 nitrogen and oxygen atoms in total. The van der Waals surface area contributed by atoms with E-state index in [1.54, 1.807) is 0 Å². The van der Waals surface area contributed by atoms with Gasteiger partial charge in [0.25, 0.3) is 0 Å². The molecule has 16 heavy (non-hydrogen) atoms. The largest absolute Gasteiger partial charge is 0.378 e. The minimum absolute atomic E-state index is 0.235. The molecular weight excluding hydrogens is 222 g/mol. The van der Waals surface area contributed by atoms with Crippen molar-refractivity contribution in [1.29, 1.82) is 0 Å². The molecule has 94 valence electrons. The second kappa shape index (κ2) is 6.23. The summed E-state index contributed by atoms with van der Waals surface area (Å²) in [6.45, 7) is 2.03. The number of alkyl halides is 1. The first-order valence-electron chi connectivity index (χ1n) is 6.77. The van der Waals surface area contributed by atoms with Crippen molar-refractivity contribution in [3.8, 4) is 0 Å². The Balaban J connectivity index is 1.69. The zero-order valence-electron chi connectivity index (χ0n) is 10.1. The van der Waals surface area contributed by atoms with E-state index in [4.69, 9.17) is 16.3 Å². The third-order valence-electron chi connectivity index (χ3n) is 4.06. The predicted molar refractivity (Wildman–Crippen MR) is 68.1 cm³/mol. The summed E-state index contributed by atoms with van der Waals surface area (Å²) in [6.07, 6.45) is 10.7. The molecule has 1 unspecified atom stereocenters. The number of halogens is 1. The molecule has 2 aliphatic rings. The Morgan fingerprint density at radius 3 is 2.62 bits per heavy atom. The Bertz CT molecular complexity index is 198. The highest BCUT2D eigenvalue weighted by molar-refractivity contribution is 6.18. The van der Waals surface area contributed by atoms with Crippen LogP contribution in [0.5, 0.6) is 0 Å². The van der Waals surface area contributed by atoms with Gasteiger partial charge in [-0.05, 0) is 38.6 Å². The van der Waals surface area contributed by atoms with Crippen LogP contribution >= 0.6 is 11.6 Å². The van der Waals surface area contributed by atoms with E-state index in [1.165, 1.54) is 44.9 Å². The van der Waals surface area contributed by atoms with Gasteiger partial charge in [-0.1, -0.05) is 19.3 Å². The summed E-state index contributed by atoms with van der Waals surface area (Å²) >= 11 is 6.14. The summed E-state index contributed by atoms with van der Waals surface area (Å²) < 4.78 is 5.64. The normalized spacial score (nSPS) is 29.4. The fourth-order valence-electron chi connectivity index (χ4n) is 2.96. The van der Waals surface area contributed by atoms with Crippen LogP contribution in [0.25, 0.3) is 0 Å². The molecule has 0 spiro atoms. The van der Waals surface area contributed by atoms with E-state index in [9.17, 15) is 0 Å². The molecule has 1 atom stereocenters. The van der Waals surface area contributed by atoms with Crippen molar-refractivity contribution in [2.24, 2.45) is 0 Å². The molecule has 0 amide bonds. The monoisotopic (exact) mass is 245 g/mol. The van der Waals surface area contributed by atoms with Crippen LogP contribution in [0.3, 0.4) is 0 Å². The van der Waals surface area contributed by atoms with Gasteiger partial charge in [-0.2, -0.15) is 0 Å². The Hall–Kier alpha value is 0.210. The van der Waals surface area contributed by atoms with E-state index in [-0.39, 0.29) is 5.54 Å². The molecule has 1 heterocycles. The Kier molecular flexibility index (Phi) is 4.93. The van der Waals surface area contributed by atoms with Gasteiger partial charge >= 0.3 is 0 Å². The minimum Gasteiger partial charge on any atom is -0.378 e. The lowest BCUT2D eigenvalue weighted by Gasteiger charge is -2.37. The van der Waals surface area contributed by atoms with E-state index in [0.29, 0.717) is 6.10 Å². The quantitative estimate of drug-likeness (QED) is 0.752. The molecule has 2 rings (SSSR count). The molecule has 2 fully saturated rings. The Labute approximate surface area is 104 Å². The first kappa shape index (κ1) is 12.7. The second-order valence-corrected chi connectivity index (χ2v) is 5.59. The molecule has 3 heteroatoms. The van der Waals surface area contributed by atoms with E-state index < -0.39 is 0 Å². The van der Waals surface area contributed by atoms with Crippen LogP contribution in [0, 0.1) is 0 Å². The standard InChI is InChI=1S/C13H24ClNO/c14-11-13(7-2-1-3-8-13)15-9-6-12-5-4-10-16-12/h12,15H,1-11H2. The van der Waals surface area contributed by atoms with Gasteiger partial charge in [0.2, 0.25) is 0 Å². The van der Waals surface area contributed by atoms with Gasteiger partial charge in [0, 0.05) is 18.0 Å². The Morgan fingerprint density at radius 2 is 2.00 bits per heavy atom. The van der Waals surface area contributed by atoms with Crippen molar-refractivity contribution in [2.75, 3.05) is 19.0 Å². The zero-order chi connectivity index (χ0) is 11.3. The molecule has 0 aromatic heterocycles. The van der Waals surface area contributed by atoms with Crippen LogP contribution in [-0.2, 0) is 4.74 Å². The van der Waals surface area contributed by atoms with Gasteiger partial charge in [0.05, 0.1) is 6.10 Å². The van der Waals surface area contributed by atoms with E-state index in [1.807, 2.05) is 0 Å². The second-order valence-electron chi connectivity index (χ2n) is 5.33. The van der Waals surface area contributed by atoms with E-state index in [0.717, 1.165) is 25.5 Å². The lowest BCUT2D eigenvalue weighted by molar-refractivity contribution is 0.100. The van der Waals surface area contributed by atoms with Crippen LogP contribution in [0.2, 0.25) is 0 Å². The number of hydrogen-bond acceptors (Lipinski definition) is 2. The van der Waals surface area contributed by atoms with Crippen molar-refractivity contribution >= 4 is 11.6 Å². The number of hydrogen-bond donors (Lipinski definition) is 1. The summed E-state index contributed by atoms with van der Waals surface area (Å²) in [7, 11) is 0. The van der Waals surface area contributed by atoms with E-state index in [2.05, 4.69) is 5.32 Å². The average molecular weight is 246 g/mol. The molecule has 1 aliphatic heterocycles. The van der Waals surface area contributed by atoms with Crippen molar-refractivity contribution in [3.63, 3.8) is 0 Å². The maximum Gasteiger partial charge on any atom is 0.0588 e. The summed E-state index contributed by atoms with van der Waals surface area (Å²) in [5, 5.41) is 3.70. The third-order valence-corrected chi connectivity index (χ3v) is 4.57. The first-order chi connectivity index (χ1) is 7.85. The highest BCUT2D eigenvalue weighted by Crippen LogP contribution is 2.29. The lowest BCUT2D eigenvalue weighted by Crippen LogP contribution is -2.49. The van der Waals surface area contributed by atoms with Gasteiger partial charge in [0.1, 0.15) is 0 Å². The summed E-state index contributed by atoms with van der Waals surface area (Å²) in [6, 6.07) is 0. The number of nitrogens with one attached hydrogen (secondary N) is 1. The van der Waals surface area contributed by atoms with Gasteiger partial charge in [-0.3, -0.25) is 0 Å². The highest BCUT2D eigenvalue weighted by atomic mass is 35.5. The minimum atomic E-state index is 0.235. The molecule has 1 aliphatic carbocycles. The SMILES string of the molecule is ClCC1(NCCC2CCCO2)CCCCC1. The fraction of sp³-hybridized carbons (Fsp3) is 1.00.